The van der Waals surface area contributed by atoms with Crippen molar-refractivity contribution in [2.45, 2.75) is 45.6 Å². The summed E-state index contributed by atoms with van der Waals surface area (Å²) < 4.78 is 0. The summed E-state index contributed by atoms with van der Waals surface area (Å²) in [5.41, 5.74) is 1.53. The topological polar surface area (TPSA) is 58.2 Å². The van der Waals surface area contributed by atoms with E-state index in [4.69, 9.17) is 0 Å². The van der Waals surface area contributed by atoms with Crippen LogP contribution in [0, 0.1) is 12.8 Å². The normalized spacial score (nSPS) is 21.6. The van der Waals surface area contributed by atoms with Gasteiger partial charge in [-0.1, -0.05) is 38.0 Å². The number of nitrogens with one attached hydrogen (secondary N) is 2. The zero-order valence-corrected chi connectivity index (χ0v) is 12.8. The van der Waals surface area contributed by atoms with Crippen LogP contribution in [0.4, 0.5) is 0 Å². The SMILES string of the molecule is Cc1ccccc1C(=O)NCC(=O)N[C@@H]1CCCC[C@@H]1C. The van der Waals surface area contributed by atoms with Crippen LogP contribution in [-0.2, 0) is 4.79 Å². The quantitative estimate of drug-likeness (QED) is 0.894. The number of amides is 2. The van der Waals surface area contributed by atoms with Gasteiger partial charge >= 0.3 is 0 Å². The monoisotopic (exact) mass is 288 g/mol. The molecule has 2 N–H and O–H groups in total. The van der Waals surface area contributed by atoms with Crippen LogP contribution < -0.4 is 10.6 Å². The van der Waals surface area contributed by atoms with Crippen molar-refractivity contribution in [3.8, 4) is 0 Å². The Morgan fingerprint density at radius 3 is 2.62 bits per heavy atom. The minimum absolute atomic E-state index is 0.0381. The van der Waals surface area contributed by atoms with E-state index in [-0.39, 0.29) is 24.4 Å². The third-order valence-electron chi connectivity index (χ3n) is 4.26. The number of carbonyl (C=O) groups excluding carboxylic acids is 2. The lowest BCUT2D eigenvalue weighted by Gasteiger charge is -2.29. The molecule has 4 heteroatoms. The summed E-state index contributed by atoms with van der Waals surface area (Å²) in [6.07, 6.45) is 4.63. The molecule has 114 valence electrons. The maximum atomic E-state index is 12.0. The fraction of sp³-hybridized carbons (Fsp3) is 0.529. The fourth-order valence-electron chi connectivity index (χ4n) is 2.87. The summed E-state index contributed by atoms with van der Waals surface area (Å²) in [5.74, 6) is 0.227. The third kappa shape index (κ3) is 4.31. The molecule has 1 fully saturated rings. The summed E-state index contributed by atoms with van der Waals surface area (Å²) in [6, 6.07) is 7.63. The molecular formula is C17H24N2O2. The van der Waals surface area contributed by atoms with Gasteiger partial charge in [0.05, 0.1) is 6.54 Å². The van der Waals surface area contributed by atoms with Crippen LogP contribution >= 0.6 is 0 Å². The average Bonchev–Trinajstić information content (AvgIpc) is 2.48. The van der Waals surface area contributed by atoms with Gasteiger partial charge in [-0.15, -0.1) is 0 Å². The van der Waals surface area contributed by atoms with Crippen LogP contribution in [0.3, 0.4) is 0 Å². The summed E-state index contributed by atoms with van der Waals surface area (Å²) in [6.45, 7) is 4.10. The minimum atomic E-state index is -0.194. The van der Waals surface area contributed by atoms with E-state index >= 15 is 0 Å². The maximum absolute atomic E-state index is 12.0. The molecule has 0 bridgehead atoms. The van der Waals surface area contributed by atoms with Crippen molar-refractivity contribution in [3.63, 3.8) is 0 Å². The summed E-state index contributed by atoms with van der Waals surface area (Å²) >= 11 is 0. The lowest BCUT2D eigenvalue weighted by Crippen LogP contribution is -2.45. The van der Waals surface area contributed by atoms with Gasteiger partial charge in [-0.05, 0) is 37.3 Å². The van der Waals surface area contributed by atoms with E-state index < -0.39 is 0 Å². The van der Waals surface area contributed by atoms with Crippen LogP contribution in [0.5, 0.6) is 0 Å². The molecule has 1 aliphatic carbocycles. The van der Waals surface area contributed by atoms with Gasteiger partial charge in [0.1, 0.15) is 0 Å². The Kier molecular flexibility index (Phi) is 5.37. The Bertz CT molecular complexity index is 513. The van der Waals surface area contributed by atoms with Gasteiger partial charge in [-0.3, -0.25) is 9.59 Å². The zero-order valence-electron chi connectivity index (χ0n) is 12.8. The van der Waals surface area contributed by atoms with Gasteiger partial charge in [-0.25, -0.2) is 0 Å². The molecule has 0 aliphatic heterocycles. The minimum Gasteiger partial charge on any atom is -0.352 e. The molecule has 2 atom stereocenters. The fourth-order valence-corrected chi connectivity index (χ4v) is 2.87. The first-order valence-corrected chi connectivity index (χ1v) is 7.71. The van der Waals surface area contributed by atoms with Gasteiger partial charge < -0.3 is 10.6 Å². The molecule has 2 amide bonds. The highest BCUT2D eigenvalue weighted by molar-refractivity contribution is 5.97. The lowest BCUT2D eigenvalue weighted by atomic mass is 9.86. The van der Waals surface area contributed by atoms with E-state index in [0.717, 1.165) is 12.0 Å². The molecule has 2 rings (SSSR count). The summed E-state index contributed by atoms with van der Waals surface area (Å²) in [4.78, 5) is 24.0. The number of carbonyl (C=O) groups is 2. The van der Waals surface area contributed by atoms with E-state index in [0.29, 0.717) is 11.5 Å². The van der Waals surface area contributed by atoms with Gasteiger partial charge in [0.25, 0.3) is 5.91 Å². The Hall–Kier alpha value is -1.84. The van der Waals surface area contributed by atoms with Crippen molar-refractivity contribution in [2.24, 2.45) is 5.92 Å². The standard InChI is InChI=1S/C17H24N2O2/c1-12-7-3-5-9-14(12)17(21)18-11-16(20)19-15-10-6-4-8-13(15)2/h3,5,7,9,13,15H,4,6,8,10-11H2,1-2H3,(H,18,21)(H,19,20)/t13-,15+/m0/s1. The first-order chi connectivity index (χ1) is 10.1. The van der Waals surface area contributed by atoms with Gasteiger partial charge in [0.15, 0.2) is 0 Å². The number of hydrogen-bond donors (Lipinski definition) is 2. The first kappa shape index (κ1) is 15.5. The molecule has 4 nitrogen and oxygen atoms in total. The molecule has 0 aromatic heterocycles. The second-order valence-electron chi connectivity index (χ2n) is 5.93. The Morgan fingerprint density at radius 1 is 1.19 bits per heavy atom. The number of rotatable bonds is 4. The van der Waals surface area contributed by atoms with Crippen LogP contribution in [0.1, 0.15) is 48.5 Å². The van der Waals surface area contributed by atoms with Crippen molar-refractivity contribution in [1.82, 2.24) is 10.6 Å². The smallest absolute Gasteiger partial charge is 0.251 e. The molecule has 0 heterocycles. The molecule has 1 aliphatic rings. The van der Waals surface area contributed by atoms with E-state index in [1.54, 1.807) is 6.07 Å². The Labute approximate surface area is 126 Å². The Balaban J connectivity index is 1.81. The highest BCUT2D eigenvalue weighted by Crippen LogP contribution is 2.23. The first-order valence-electron chi connectivity index (χ1n) is 7.71. The second kappa shape index (κ2) is 7.25. The van der Waals surface area contributed by atoms with Crippen LogP contribution in [0.25, 0.3) is 0 Å². The zero-order chi connectivity index (χ0) is 15.2. The van der Waals surface area contributed by atoms with E-state index in [9.17, 15) is 9.59 Å². The van der Waals surface area contributed by atoms with Crippen LogP contribution in [0.15, 0.2) is 24.3 Å². The van der Waals surface area contributed by atoms with Gasteiger partial charge in [0, 0.05) is 11.6 Å². The molecule has 0 spiro atoms. The predicted octanol–water partition coefficient (Wildman–Crippen LogP) is 2.42. The van der Waals surface area contributed by atoms with Crippen molar-refractivity contribution < 1.29 is 9.59 Å². The molecule has 0 radical (unpaired) electrons. The average molecular weight is 288 g/mol. The second-order valence-corrected chi connectivity index (χ2v) is 5.93. The maximum Gasteiger partial charge on any atom is 0.251 e. The molecule has 21 heavy (non-hydrogen) atoms. The predicted molar refractivity (Wildman–Crippen MR) is 83.1 cm³/mol. The highest BCUT2D eigenvalue weighted by Gasteiger charge is 2.22. The van der Waals surface area contributed by atoms with Crippen LogP contribution in [0.2, 0.25) is 0 Å². The number of benzene rings is 1. The molecule has 0 saturated heterocycles. The summed E-state index contributed by atoms with van der Waals surface area (Å²) in [7, 11) is 0. The van der Waals surface area contributed by atoms with E-state index in [1.807, 2.05) is 25.1 Å². The van der Waals surface area contributed by atoms with Gasteiger partial charge in [-0.2, -0.15) is 0 Å². The van der Waals surface area contributed by atoms with Crippen molar-refractivity contribution in [2.75, 3.05) is 6.54 Å². The highest BCUT2D eigenvalue weighted by atomic mass is 16.2. The van der Waals surface area contributed by atoms with E-state index in [2.05, 4.69) is 17.6 Å². The van der Waals surface area contributed by atoms with Crippen LogP contribution in [-0.4, -0.2) is 24.4 Å². The number of hydrogen-bond acceptors (Lipinski definition) is 2. The van der Waals surface area contributed by atoms with Crippen molar-refractivity contribution in [1.29, 1.82) is 0 Å². The van der Waals surface area contributed by atoms with E-state index in [1.165, 1.54) is 19.3 Å². The Morgan fingerprint density at radius 2 is 1.90 bits per heavy atom. The molecule has 1 aromatic carbocycles. The molecule has 1 saturated carbocycles. The summed E-state index contributed by atoms with van der Waals surface area (Å²) in [5, 5.41) is 5.73. The number of aryl methyl sites for hydroxylation is 1. The molecule has 0 unspecified atom stereocenters. The lowest BCUT2D eigenvalue weighted by molar-refractivity contribution is -0.121. The van der Waals surface area contributed by atoms with Crippen molar-refractivity contribution >= 4 is 11.8 Å². The molecule has 1 aromatic rings. The van der Waals surface area contributed by atoms with Crippen molar-refractivity contribution in [3.05, 3.63) is 35.4 Å². The van der Waals surface area contributed by atoms with Gasteiger partial charge in [0.2, 0.25) is 5.91 Å². The third-order valence-corrected chi connectivity index (χ3v) is 4.26. The largest absolute Gasteiger partial charge is 0.352 e. The molecular weight excluding hydrogens is 264 g/mol.